The van der Waals surface area contributed by atoms with Gasteiger partial charge in [0.1, 0.15) is 35.0 Å². The Morgan fingerprint density at radius 3 is 1.72 bits per heavy atom. The van der Waals surface area contributed by atoms with Crippen LogP contribution < -0.4 is 31.3 Å². The number of alkyl carbamates (subject to hydrolysis) is 1. The van der Waals surface area contributed by atoms with Gasteiger partial charge in [-0.05, 0) is 86.2 Å². The summed E-state index contributed by atoms with van der Waals surface area (Å²) >= 11 is 0. The van der Waals surface area contributed by atoms with Crippen LogP contribution in [0.2, 0.25) is 0 Å². The molecule has 5 aromatic rings. The van der Waals surface area contributed by atoms with Gasteiger partial charge in [0.05, 0.1) is 18.8 Å². The van der Waals surface area contributed by atoms with Crippen molar-refractivity contribution in [2.24, 2.45) is 0 Å². The molecule has 50 heavy (non-hydrogen) atoms. The maximum atomic E-state index is 13.2. The standard InChI is InChI=1S/C43H45N2O4P/c1-48-40-26-15-14-25-39(40)41(46)45-33-43(34-17-6-2-7-18-34)29-27-35(28-30-43)49-42(47)44-31-16-32-50(36-19-8-3-9-20-36,37-21-10-4-11-22-37)38-23-12-5-13-24-38/h2-15,17-26,35H,16,27-33H2,1H3,(H-,44,45,46,47)/p+1. The summed E-state index contributed by atoms with van der Waals surface area (Å²) in [5.74, 6) is 0.392. The molecule has 0 saturated heterocycles. The van der Waals surface area contributed by atoms with Gasteiger partial charge < -0.3 is 20.1 Å². The van der Waals surface area contributed by atoms with Gasteiger partial charge in [-0.15, -0.1) is 0 Å². The first-order valence-corrected chi connectivity index (χ1v) is 19.5. The van der Waals surface area contributed by atoms with Gasteiger partial charge in [0.15, 0.2) is 0 Å². The number of hydrogen-bond acceptors (Lipinski definition) is 4. The van der Waals surface area contributed by atoms with Crippen molar-refractivity contribution in [3.8, 4) is 5.75 Å². The molecule has 2 N–H and O–H groups in total. The van der Waals surface area contributed by atoms with Crippen molar-refractivity contribution in [1.29, 1.82) is 0 Å². The number of carbonyl (C=O) groups is 2. The van der Waals surface area contributed by atoms with Crippen LogP contribution in [0.3, 0.4) is 0 Å². The van der Waals surface area contributed by atoms with Crippen molar-refractivity contribution < 1.29 is 19.1 Å². The topological polar surface area (TPSA) is 76.7 Å². The highest BCUT2D eigenvalue weighted by Crippen LogP contribution is 2.55. The van der Waals surface area contributed by atoms with Crippen molar-refractivity contribution in [3.05, 3.63) is 157 Å². The summed E-state index contributed by atoms with van der Waals surface area (Å²) < 4.78 is 11.4. The van der Waals surface area contributed by atoms with Gasteiger partial charge in [0.25, 0.3) is 5.91 Å². The molecule has 0 unspecified atom stereocenters. The third-order valence-electron chi connectivity index (χ3n) is 10.0. The predicted molar refractivity (Wildman–Crippen MR) is 205 cm³/mol. The third-order valence-corrected chi connectivity index (χ3v) is 14.5. The smallest absolute Gasteiger partial charge is 0.407 e. The van der Waals surface area contributed by atoms with Crippen molar-refractivity contribution in [2.45, 2.75) is 43.6 Å². The Labute approximate surface area is 296 Å². The summed E-state index contributed by atoms with van der Waals surface area (Å²) in [5.41, 5.74) is 1.45. The number of ether oxygens (including phenoxy) is 2. The number of benzene rings is 5. The molecule has 1 fully saturated rings. The molecule has 0 atom stereocenters. The molecule has 0 aliphatic heterocycles. The van der Waals surface area contributed by atoms with Gasteiger partial charge in [0, 0.05) is 18.5 Å². The molecule has 0 spiro atoms. The molecule has 256 valence electrons. The van der Waals surface area contributed by atoms with Crippen LogP contribution in [0.4, 0.5) is 4.79 Å². The molecule has 7 heteroatoms. The summed E-state index contributed by atoms with van der Waals surface area (Å²) in [6.45, 7) is 1.02. The molecule has 1 aliphatic carbocycles. The van der Waals surface area contributed by atoms with Gasteiger partial charge >= 0.3 is 6.09 Å². The third kappa shape index (κ3) is 7.93. The van der Waals surface area contributed by atoms with Gasteiger partial charge in [-0.2, -0.15) is 0 Å². The number of rotatable bonds is 13. The highest BCUT2D eigenvalue weighted by Gasteiger charge is 2.44. The van der Waals surface area contributed by atoms with Crippen LogP contribution in [0, 0.1) is 0 Å². The van der Waals surface area contributed by atoms with E-state index in [0.29, 0.717) is 24.4 Å². The predicted octanol–water partition coefficient (Wildman–Crippen LogP) is 7.42. The molecule has 1 aliphatic rings. The van der Waals surface area contributed by atoms with Crippen molar-refractivity contribution >= 4 is 35.2 Å². The molecule has 2 amide bonds. The van der Waals surface area contributed by atoms with Crippen LogP contribution in [0.15, 0.2) is 146 Å². The lowest BCUT2D eigenvalue weighted by Gasteiger charge is -2.40. The second-order valence-corrected chi connectivity index (χ2v) is 16.6. The largest absolute Gasteiger partial charge is 0.496 e. The summed E-state index contributed by atoms with van der Waals surface area (Å²) in [7, 11) is -0.386. The van der Waals surface area contributed by atoms with E-state index in [1.165, 1.54) is 21.5 Å². The molecule has 6 nitrogen and oxygen atoms in total. The normalized spacial score (nSPS) is 17.3. The first kappa shape index (κ1) is 34.9. The van der Waals surface area contributed by atoms with E-state index in [-0.39, 0.29) is 23.5 Å². The average Bonchev–Trinajstić information content (AvgIpc) is 3.19. The number of methoxy groups -OCH3 is 1. The molecule has 5 aromatic carbocycles. The molecule has 0 heterocycles. The molecule has 1 saturated carbocycles. The van der Waals surface area contributed by atoms with Crippen LogP contribution in [0.5, 0.6) is 5.75 Å². The highest BCUT2D eigenvalue weighted by molar-refractivity contribution is 7.95. The van der Waals surface area contributed by atoms with Crippen LogP contribution in [-0.2, 0) is 10.2 Å². The molecule has 6 rings (SSSR count). The molecule has 0 radical (unpaired) electrons. The van der Waals surface area contributed by atoms with Gasteiger partial charge in [-0.3, -0.25) is 4.79 Å². The fraction of sp³-hybridized carbons (Fsp3) is 0.256. The monoisotopic (exact) mass is 685 g/mol. The second kappa shape index (κ2) is 16.7. The Balaban J connectivity index is 1.07. The first-order chi connectivity index (χ1) is 24.5. The van der Waals surface area contributed by atoms with E-state index in [1.807, 2.05) is 30.3 Å². The molecular formula is C43H46N2O4P+. The zero-order valence-corrected chi connectivity index (χ0v) is 29.6. The maximum absolute atomic E-state index is 13.2. The fourth-order valence-corrected chi connectivity index (χ4v) is 11.7. The lowest BCUT2D eigenvalue weighted by Crippen LogP contribution is -2.45. The zero-order chi connectivity index (χ0) is 34.7. The van der Waals surface area contributed by atoms with Crippen LogP contribution in [-0.4, -0.2) is 44.5 Å². The van der Waals surface area contributed by atoms with E-state index in [9.17, 15) is 9.59 Å². The van der Waals surface area contributed by atoms with Crippen molar-refractivity contribution in [1.82, 2.24) is 10.6 Å². The van der Waals surface area contributed by atoms with E-state index < -0.39 is 7.26 Å². The van der Waals surface area contributed by atoms with E-state index >= 15 is 0 Å². The number of amides is 2. The van der Waals surface area contributed by atoms with Crippen LogP contribution in [0.25, 0.3) is 0 Å². The average molecular weight is 686 g/mol. The number of para-hydroxylation sites is 1. The van der Waals surface area contributed by atoms with E-state index in [4.69, 9.17) is 9.47 Å². The van der Waals surface area contributed by atoms with E-state index in [2.05, 4.69) is 114 Å². The minimum Gasteiger partial charge on any atom is -0.496 e. The Hall–Kier alpha value is -4.93. The van der Waals surface area contributed by atoms with Crippen molar-refractivity contribution in [3.63, 3.8) is 0 Å². The van der Waals surface area contributed by atoms with Gasteiger partial charge in [0.2, 0.25) is 0 Å². The summed E-state index contributed by atoms with van der Waals surface area (Å²) in [6, 6.07) is 50.0. The summed E-state index contributed by atoms with van der Waals surface area (Å²) in [4.78, 5) is 26.3. The number of carbonyl (C=O) groups excluding carboxylic acids is 2. The molecular weight excluding hydrogens is 639 g/mol. The molecule has 0 aromatic heterocycles. The first-order valence-electron chi connectivity index (χ1n) is 17.5. The Morgan fingerprint density at radius 2 is 1.18 bits per heavy atom. The maximum Gasteiger partial charge on any atom is 0.407 e. The zero-order valence-electron chi connectivity index (χ0n) is 28.7. The second-order valence-electron chi connectivity index (χ2n) is 13.0. The Morgan fingerprint density at radius 1 is 0.680 bits per heavy atom. The van der Waals surface area contributed by atoms with Gasteiger partial charge in [-0.25, -0.2) is 4.79 Å². The van der Waals surface area contributed by atoms with Gasteiger partial charge in [-0.1, -0.05) is 97.1 Å². The number of hydrogen-bond donors (Lipinski definition) is 2. The van der Waals surface area contributed by atoms with E-state index in [1.54, 1.807) is 19.2 Å². The highest BCUT2D eigenvalue weighted by atomic mass is 31.2. The number of nitrogens with one attached hydrogen (secondary N) is 2. The van der Waals surface area contributed by atoms with Crippen molar-refractivity contribution in [2.75, 3.05) is 26.4 Å². The minimum atomic E-state index is -1.96. The Bertz CT molecular complexity index is 1720. The fourth-order valence-electron chi connectivity index (χ4n) is 7.38. The lowest BCUT2D eigenvalue weighted by atomic mass is 9.68. The summed E-state index contributed by atoms with van der Waals surface area (Å²) in [5, 5.41) is 10.3. The minimum absolute atomic E-state index is 0.159. The van der Waals surface area contributed by atoms with Crippen LogP contribution >= 0.6 is 7.26 Å². The SMILES string of the molecule is COc1ccccc1C(=O)NCC1(c2ccccc2)CCC(OC(=O)NCCC[P+](c2ccccc2)(c2ccccc2)c2ccccc2)CC1. The summed E-state index contributed by atoms with van der Waals surface area (Å²) in [6.07, 6.45) is 4.22. The molecule has 0 bridgehead atoms. The lowest BCUT2D eigenvalue weighted by molar-refractivity contribution is 0.0565. The quantitative estimate of drug-likeness (QED) is 0.100. The Kier molecular flexibility index (Phi) is 11.6. The van der Waals surface area contributed by atoms with E-state index in [0.717, 1.165) is 38.3 Å². The van der Waals surface area contributed by atoms with Crippen LogP contribution in [0.1, 0.15) is 48.0 Å².